The largest absolute Gasteiger partial charge is 0.508 e. The molecule has 1 aromatic carbocycles. The minimum absolute atomic E-state index is 0.00737. The van der Waals surface area contributed by atoms with Crippen molar-refractivity contribution in [3.05, 3.63) is 53.6 Å². The van der Waals surface area contributed by atoms with E-state index in [1.165, 1.54) is 0 Å². The fourth-order valence-electron chi connectivity index (χ4n) is 6.51. The summed E-state index contributed by atoms with van der Waals surface area (Å²) in [4.78, 5) is 39.5. The summed E-state index contributed by atoms with van der Waals surface area (Å²) < 4.78 is 12.4. The van der Waals surface area contributed by atoms with Crippen molar-refractivity contribution in [2.75, 3.05) is 0 Å². The molecule has 186 valence electrons. The van der Waals surface area contributed by atoms with Crippen LogP contribution in [0.3, 0.4) is 0 Å². The van der Waals surface area contributed by atoms with Gasteiger partial charge in [-0.25, -0.2) is 0 Å². The molecular weight excluding hydrogens is 446 g/mol. The van der Waals surface area contributed by atoms with Gasteiger partial charge in [-0.3, -0.25) is 14.4 Å². The maximum atomic E-state index is 13.8. The number of carbonyl (C=O) groups is 3. The van der Waals surface area contributed by atoms with E-state index in [2.05, 4.69) is 19.2 Å². The van der Waals surface area contributed by atoms with Gasteiger partial charge in [0.2, 0.25) is 5.60 Å². The number of phenolic OH excluding ortho intramolecular Hbond substituents is 1. The number of phenols is 1. The molecule has 0 aromatic heterocycles. The van der Waals surface area contributed by atoms with Gasteiger partial charge in [0.25, 0.3) is 5.91 Å². The highest BCUT2D eigenvalue weighted by atomic mass is 16.6. The third kappa shape index (κ3) is 3.71. The van der Waals surface area contributed by atoms with Gasteiger partial charge in [0.1, 0.15) is 5.75 Å². The summed E-state index contributed by atoms with van der Waals surface area (Å²) in [5.41, 5.74) is -0.308. The smallest absolute Gasteiger partial charge is 0.310 e. The Morgan fingerprint density at radius 3 is 2.57 bits per heavy atom. The van der Waals surface area contributed by atoms with E-state index in [1.807, 2.05) is 31.2 Å². The van der Waals surface area contributed by atoms with Crippen molar-refractivity contribution in [1.82, 2.24) is 5.32 Å². The molecule has 0 bridgehead atoms. The quantitative estimate of drug-likeness (QED) is 0.383. The molecule has 3 fully saturated rings. The second-order valence-corrected chi connectivity index (χ2v) is 10.8. The van der Waals surface area contributed by atoms with E-state index in [4.69, 9.17) is 9.47 Å². The number of carbonyl (C=O) groups excluding carboxylic acids is 3. The molecule has 8 atom stereocenters. The number of hydrogen-bond acceptors (Lipinski definition) is 6. The summed E-state index contributed by atoms with van der Waals surface area (Å²) in [6.45, 7) is 7.73. The lowest BCUT2D eigenvalue weighted by molar-refractivity contribution is -0.181. The summed E-state index contributed by atoms with van der Waals surface area (Å²) >= 11 is 0. The van der Waals surface area contributed by atoms with Gasteiger partial charge < -0.3 is 19.9 Å². The van der Waals surface area contributed by atoms with Crippen LogP contribution in [0.15, 0.2) is 48.1 Å². The van der Waals surface area contributed by atoms with Crippen LogP contribution in [0.1, 0.15) is 46.1 Å². The molecule has 3 heterocycles. The summed E-state index contributed by atoms with van der Waals surface area (Å²) in [6, 6.07) is 6.68. The van der Waals surface area contributed by atoms with Gasteiger partial charge in [-0.15, -0.1) is 0 Å². The standard InChI is InChI=1S/C28H33NO6/c1-15-6-5-7-20-25-27(4,35-25)17(3)23-21(14-18-9-11-19(30)12-10-18)29-26(33)28(20,23)34-22(31)13-8-16(2)24(15)32/h5,7-12,15,17,20-21,23,25,30H,6,13-14H2,1-4H3,(H,29,33)/b7-5+,16-8-/t15-,17-,20-,21-,23-,25-,27+,28+/m0/s1. The first kappa shape index (κ1) is 23.8. The van der Waals surface area contributed by atoms with Crippen molar-refractivity contribution in [1.29, 1.82) is 0 Å². The maximum absolute atomic E-state index is 13.8. The van der Waals surface area contributed by atoms with E-state index in [0.29, 0.717) is 18.4 Å². The second-order valence-electron chi connectivity index (χ2n) is 10.8. The summed E-state index contributed by atoms with van der Waals surface area (Å²) in [5, 5.41) is 12.8. The summed E-state index contributed by atoms with van der Waals surface area (Å²) in [5.74, 6) is -1.65. The Hall–Kier alpha value is -2.93. The van der Waals surface area contributed by atoms with Gasteiger partial charge in [0.15, 0.2) is 5.78 Å². The van der Waals surface area contributed by atoms with E-state index >= 15 is 0 Å². The van der Waals surface area contributed by atoms with Crippen LogP contribution in [0.25, 0.3) is 0 Å². The first-order chi connectivity index (χ1) is 16.6. The number of aromatic hydroxyl groups is 1. The van der Waals surface area contributed by atoms with Crippen LogP contribution in [0.5, 0.6) is 5.75 Å². The van der Waals surface area contributed by atoms with E-state index in [9.17, 15) is 19.5 Å². The molecular formula is C28H33NO6. The molecule has 0 radical (unpaired) electrons. The van der Waals surface area contributed by atoms with E-state index in [1.54, 1.807) is 25.1 Å². The monoisotopic (exact) mass is 479 g/mol. The number of ketones is 1. The fourth-order valence-corrected chi connectivity index (χ4v) is 6.51. The topological polar surface area (TPSA) is 105 Å². The Bertz CT molecular complexity index is 1120. The van der Waals surface area contributed by atoms with E-state index in [0.717, 1.165) is 5.56 Å². The van der Waals surface area contributed by atoms with Gasteiger partial charge in [-0.05, 0) is 55.9 Å². The van der Waals surface area contributed by atoms with E-state index in [-0.39, 0.29) is 53.8 Å². The van der Waals surface area contributed by atoms with Gasteiger partial charge >= 0.3 is 5.97 Å². The lowest BCUT2D eigenvalue weighted by Crippen LogP contribution is -2.61. The Balaban J connectivity index is 1.57. The molecule has 3 aliphatic heterocycles. The number of ether oxygens (including phenoxy) is 2. The molecule has 7 heteroatoms. The molecule has 1 amide bonds. The molecule has 5 rings (SSSR count). The number of benzene rings is 1. The predicted molar refractivity (Wildman–Crippen MR) is 128 cm³/mol. The van der Waals surface area contributed by atoms with Crippen LogP contribution >= 0.6 is 0 Å². The average Bonchev–Trinajstić information content (AvgIpc) is 3.44. The van der Waals surface area contributed by atoms with E-state index < -0.39 is 23.1 Å². The van der Waals surface area contributed by atoms with Gasteiger partial charge in [0.05, 0.1) is 24.0 Å². The zero-order valence-electron chi connectivity index (χ0n) is 20.6. The summed E-state index contributed by atoms with van der Waals surface area (Å²) in [6.07, 6.45) is 6.25. The molecule has 35 heavy (non-hydrogen) atoms. The predicted octanol–water partition coefficient (Wildman–Crippen LogP) is 3.26. The van der Waals surface area contributed by atoms with Crippen molar-refractivity contribution < 1.29 is 29.0 Å². The number of Topliss-reactive ketones (excluding diaryl/α,β-unsaturated/α-hetero) is 1. The zero-order chi connectivity index (χ0) is 25.1. The Labute approximate surface area is 205 Å². The number of rotatable bonds is 2. The SMILES string of the molecule is C/C1=C/CC(=O)O[C@@]23C(=O)N[C@@H](Cc4ccc(O)cc4)[C@@H]2[C@H](C)[C@@]2(C)O[C@H]2[C@@H]3/C=C/C[C@H](C)C1=O. The molecule has 1 aliphatic carbocycles. The molecule has 1 aromatic rings. The zero-order valence-corrected chi connectivity index (χ0v) is 20.6. The highest BCUT2D eigenvalue weighted by Crippen LogP contribution is 2.63. The number of hydrogen-bond donors (Lipinski definition) is 2. The Kier molecular flexibility index (Phi) is 5.66. The van der Waals surface area contributed by atoms with Crippen molar-refractivity contribution >= 4 is 17.7 Å². The lowest BCUT2D eigenvalue weighted by atomic mass is 9.59. The van der Waals surface area contributed by atoms with Crippen molar-refractivity contribution in [3.63, 3.8) is 0 Å². The molecule has 2 saturated heterocycles. The molecule has 1 spiro atoms. The average molecular weight is 480 g/mol. The maximum Gasteiger partial charge on any atom is 0.310 e. The Morgan fingerprint density at radius 2 is 1.86 bits per heavy atom. The minimum Gasteiger partial charge on any atom is -0.508 e. The third-order valence-corrected chi connectivity index (χ3v) is 8.67. The van der Waals surface area contributed by atoms with Crippen LogP contribution < -0.4 is 5.32 Å². The highest BCUT2D eigenvalue weighted by Gasteiger charge is 2.78. The molecule has 7 nitrogen and oxygen atoms in total. The number of epoxide rings is 1. The third-order valence-electron chi connectivity index (χ3n) is 8.67. The molecule has 4 aliphatic rings. The minimum atomic E-state index is -1.39. The highest BCUT2D eigenvalue weighted by molar-refractivity contribution is 5.97. The number of fused-ring (bicyclic) bond motifs is 2. The summed E-state index contributed by atoms with van der Waals surface area (Å²) in [7, 11) is 0. The van der Waals surface area contributed by atoms with Crippen molar-refractivity contribution in [3.8, 4) is 5.75 Å². The fraction of sp³-hybridized carbons (Fsp3) is 0.536. The molecule has 0 unspecified atom stereocenters. The van der Waals surface area contributed by atoms with Crippen molar-refractivity contribution in [2.45, 2.75) is 70.3 Å². The van der Waals surface area contributed by atoms with Crippen molar-refractivity contribution in [2.24, 2.45) is 23.7 Å². The van der Waals surface area contributed by atoms with Gasteiger partial charge in [-0.2, -0.15) is 0 Å². The number of amides is 1. The van der Waals surface area contributed by atoms with Crippen LogP contribution in [0.4, 0.5) is 0 Å². The number of esters is 1. The van der Waals surface area contributed by atoms with Crippen LogP contribution in [-0.2, 0) is 30.3 Å². The van der Waals surface area contributed by atoms with Crippen LogP contribution in [0.2, 0.25) is 0 Å². The second kappa shape index (κ2) is 8.33. The first-order valence-electron chi connectivity index (χ1n) is 12.4. The molecule has 1 saturated carbocycles. The molecule has 2 N–H and O–H groups in total. The normalized spacial score (nSPS) is 43.2. The van der Waals surface area contributed by atoms with Gasteiger partial charge in [-0.1, -0.05) is 44.2 Å². The Morgan fingerprint density at radius 1 is 1.14 bits per heavy atom. The van der Waals surface area contributed by atoms with Gasteiger partial charge in [0, 0.05) is 17.9 Å². The van der Waals surface area contributed by atoms with Crippen LogP contribution in [-0.4, -0.2) is 46.1 Å². The number of allylic oxidation sites excluding steroid dienone is 2. The van der Waals surface area contributed by atoms with Crippen LogP contribution in [0, 0.1) is 23.7 Å². The first-order valence-corrected chi connectivity index (χ1v) is 12.4. The number of nitrogens with one attached hydrogen (secondary N) is 1. The lowest BCUT2D eigenvalue weighted by Gasteiger charge is -2.46.